The molecule has 3 aromatic rings. The van der Waals surface area contributed by atoms with Crippen LogP contribution in [0.1, 0.15) is 11.1 Å². The van der Waals surface area contributed by atoms with Crippen LogP contribution in [0.25, 0.3) is 10.2 Å². The van der Waals surface area contributed by atoms with E-state index in [-0.39, 0.29) is 18.1 Å². The normalized spacial score (nSPS) is 11.9. The monoisotopic (exact) mass is 388 g/mol. The number of nitrogens with zero attached hydrogens (tertiary/aromatic N) is 2. The van der Waals surface area contributed by atoms with E-state index >= 15 is 0 Å². The van der Waals surface area contributed by atoms with Gasteiger partial charge in [0.25, 0.3) is 5.91 Å². The van der Waals surface area contributed by atoms with Gasteiger partial charge in [0, 0.05) is 19.2 Å². The van der Waals surface area contributed by atoms with E-state index in [1.807, 2.05) is 31.2 Å². The standard InChI is InChI=1S/C20H21FN2O3S/c1-13-7-8-16(26-3)14(11-13)12-18(24)22-20-23(9-10-25-2)19-15(21)5-4-6-17(19)27-20/h4-8,11H,9-10,12H2,1-3H3. The van der Waals surface area contributed by atoms with Crippen molar-refractivity contribution in [1.82, 2.24) is 4.57 Å². The van der Waals surface area contributed by atoms with E-state index in [1.165, 1.54) is 17.4 Å². The van der Waals surface area contributed by atoms with Gasteiger partial charge in [0.1, 0.15) is 11.6 Å². The maximum atomic E-state index is 14.3. The molecule has 5 nitrogen and oxygen atoms in total. The number of benzene rings is 2. The average molecular weight is 388 g/mol. The summed E-state index contributed by atoms with van der Waals surface area (Å²) in [6, 6.07) is 10.6. The molecule has 0 spiro atoms. The molecule has 0 saturated heterocycles. The summed E-state index contributed by atoms with van der Waals surface area (Å²) in [5, 5.41) is 0. The lowest BCUT2D eigenvalue weighted by molar-refractivity contribution is -0.117. The van der Waals surface area contributed by atoms with Crippen LogP contribution in [0.5, 0.6) is 5.75 Å². The largest absolute Gasteiger partial charge is 0.496 e. The van der Waals surface area contributed by atoms with Gasteiger partial charge in [-0.1, -0.05) is 35.1 Å². The van der Waals surface area contributed by atoms with E-state index in [4.69, 9.17) is 9.47 Å². The Labute approximate surface area is 160 Å². The first kappa shape index (κ1) is 19.3. The second-order valence-electron chi connectivity index (χ2n) is 6.11. The number of aromatic nitrogens is 1. The Morgan fingerprint density at radius 1 is 1.26 bits per heavy atom. The quantitative estimate of drug-likeness (QED) is 0.650. The number of para-hydroxylation sites is 1. The summed E-state index contributed by atoms with van der Waals surface area (Å²) in [5.74, 6) is 0.00457. The van der Waals surface area contributed by atoms with Crippen molar-refractivity contribution in [2.75, 3.05) is 20.8 Å². The number of rotatable bonds is 6. The fourth-order valence-electron chi connectivity index (χ4n) is 2.92. The number of amides is 1. The number of thiazole rings is 1. The maximum Gasteiger partial charge on any atom is 0.252 e. The topological polar surface area (TPSA) is 52.8 Å². The minimum absolute atomic E-state index is 0.117. The van der Waals surface area contributed by atoms with E-state index in [1.54, 1.807) is 24.9 Å². The van der Waals surface area contributed by atoms with Crippen LogP contribution in [0.15, 0.2) is 41.4 Å². The lowest BCUT2D eigenvalue weighted by atomic mass is 10.1. The molecule has 0 aliphatic heterocycles. The fraction of sp³-hybridized carbons (Fsp3) is 0.300. The van der Waals surface area contributed by atoms with Crippen molar-refractivity contribution in [3.05, 3.63) is 58.1 Å². The van der Waals surface area contributed by atoms with E-state index in [0.29, 0.717) is 29.2 Å². The molecule has 1 aromatic heterocycles. The molecule has 1 amide bonds. The SMILES string of the molecule is COCCn1c(=NC(=O)Cc2cc(C)ccc2OC)sc2cccc(F)c21. The summed E-state index contributed by atoms with van der Waals surface area (Å²) >= 11 is 1.29. The average Bonchev–Trinajstić information content (AvgIpc) is 2.98. The van der Waals surface area contributed by atoms with Crippen molar-refractivity contribution in [3.8, 4) is 5.75 Å². The summed E-state index contributed by atoms with van der Waals surface area (Å²) in [5.41, 5.74) is 2.26. The van der Waals surface area contributed by atoms with Crippen LogP contribution < -0.4 is 9.54 Å². The van der Waals surface area contributed by atoms with E-state index in [0.717, 1.165) is 15.8 Å². The summed E-state index contributed by atoms with van der Waals surface area (Å²) in [6.45, 7) is 2.77. The van der Waals surface area contributed by atoms with Gasteiger partial charge in [-0.25, -0.2) is 4.39 Å². The zero-order valence-corrected chi connectivity index (χ0v) is 16.3. The Morgan fingerprint density at radius 3 is 2.81 bits per heavy atom. The molecule has 0 unspecified atom stereocenters. The highest BCUT2D eigenvalue weighted by atomic mass is 32.1. The fourth-order valence-corrected chi connectivity index (χ4v) is 4.00. The zero-order valence-electron chi connectivity index (χ0n) is 15.5. The summed E-state index contributed by atoms with van der Waals surface area (Å²) < 4.78 is 27.2. The number of carbonyl (C=O) groups excluding carboxylic acids is 1. The van der Waals surface area contributed by atoms with Crippen molar-refractivity contribution in [2.24, 2.45) is 4.99 Å². The summed E-state index contributed by atoms with van der Waals surface area (Å²) in [7, 11) is 3.15. The van der Waals surface area contributed by atoms with Gasteiger partial charge in [-0.3, -0.25) is 4.79 Å². The third-order valence-corrected chi connectivity index (χ3v) is 5.21. The smallest absolute Gasteiger partial charge is 0.252 e. The molecule has 0 radical (unpaired) electrons. The number of methoxy groups -OCH3 is 2. The second kappa shape index (κ2) is 8.45. The zero-order chi connectivity index (χ0) is 19.4. The third kappa shape index (κ3) is 4.26. The van der Waals surface area contributed by atoms with E-state index in [9.17, 15) is 9.18 Å². The lowest BCUT2D eigenvalue weighted by Gasteiger charge is -2.08. The second-order valence-corrected chi connectivity index (χ2v) is 7.12. The Balaban J connectivity index is 2.01. The Bertz CT molecular complexity index is 1040. The predicted molar refractivity (Wildman–Crippen MR) is 104 cm³/mol. The highest BCUT2D eigenvalue weighted by Crippen LogP contribution is 2.22. The number of halogens is 1. The lowest BCUT2D eigenvalue weighted by Crippen LogP contribution is -2.20. The van der Waals surface area contributed by atoms with Crippen molar-refractivity contribution in [2.45, 2.75) is 19.9 Å². The summed E-state index contributed by atoms with van der Waals surface area (Å²) in [4.78, 5) is 17.3. The Hall–Kier alpha value is -2.51. The van der Waals surface area contributed by atoms with Gasteiger partial charge < -0.3 is 14.0 Å². The van der Waals surface area contributed by atoms with Gasteiger partial charge >= 0.3 is 0 Å². The predicted octanol–water partition coefficient (Wildman–Crippen LogP) is 3.48. The van der Waals surface area contributed by atoms with Crippen LogP contribution in [0, 0.1) is 12.7 Å². The molecule has 0 aliphatic rings. The molecule has 7 heteroatoms. The van der Waals surface area contributed by atoms with E-state index < -0.39 is 0 Å². The van der Waals surface area contributed by atoms with Gasteiger partial charge in [-0.2, -0.15) is 4.99 Å². The molecule has 27 heavy (non-hydrogen) atoms. The van der Waals surface area contributed by atoms with Gasteiger partial charge in [0.15, 0.2) is 4.80 Å². The number of ether oxygens (including phenoxy) is 2. The number of hydrogen-bond acceptors (Lipinski definition) is 4. The number of hydrogen-bond donors (Lipinski definition) is 0. The van der Waals surface area contributed by atoms with Crippen molar-refractivity contribution >= 4 is 27.5 Å². The Morgan fingerprint density at radius 2 is 2.07 bits per heavy atom. The molecule has 0 atom stereocenters. The van der Waals surface area contributed by atoms with Crippen LogP contribution in [-0.4, -0.2) is 31.3 Å². The molecule has 2 aromatic carbocycles. The van der Waals surface area contributed by atoms with Crippen LogP contribution >= 0.6 is 11.3 Å². The minimum atomic E-state index is -0.339. The van der Waals surface area contributed by atoms with Crippen LogP contribution in [0.3, 0.4) is 0 Å². The van der Waals surface area contributed by atoms with Gasteiger partial charge in [0.2, 0.25) is 0 Å². The minimum Gasteiger partial charge on any atom is -0.496 e. The van der Waals surface area contributed by atoms with Crippen molar-refractivity contribution < 1.29 is 18.7 Å². The first-order valence-corrected chi connectivity index (χ1v) is 9.33. The highest BCUT2D eigenvalue weighted by molar-refractivity contribution is 7.16. The molecule has 0 aliphatic carbocycles. The van der Waals surface area contributed by atoms with Crippen LogP contribution in [-0.2, 0) is 22.5 Å². The molecular weight excluding hydrogens is 367 g/mol. The molecule has 142 valence electrons. The van der Waals surface area contributed by atoms with Crippen molar-refractivity contribution in [3.63, 3.8) is 0 Å². The molecule has 0 saturated carbocycles. The van der Waals surface area contributed by atoms with Gasteiger partial charge in [-0.05, 0) is 25.1 Å². The number of carbonyl (C=O) groups is 1. The van der Waals surface area contributed by atoms with Crippen molar-refractivity contribution in [1.29, 1.82) is 0 Å². The first-order chi connectivity index (χ1) is 13.0. The van der Waals surface area contributed by atoms with Gasteiger partial charge in [0.05, 0.1) is 30.4 Å². The molecule has 1 heterocycles. The highest BCUT2D eigenvalue weighted by Gasteiger charge is 2.13. The Kier molecular flexibility index (Phi) is 6.03. The summed E-state index contributed by atoms with van der Waals surface area (Å²) in [6.07, 6.45) is 0.117. The van der Waals surface area contributed by atoms with E-state index in [2.05, 4.69) is 4.99 Å². The van der Waals surface area contributed by atoms with Crippen LogP contribution in [0.2, 0.25) is 0 Å². The van der Waals surface area contributed by atoms with Crippen LogP contribution in [0.4, 0.5) is 4.39 Å². The molecule has 0 fully saturated rings. The molecule has 0 bridgehead atoms. The molecule has 3 rings (SSSR count). The number of fused-ring (bicyclic) bond motifs is 1. The van der Waals surface area contributed by atoms with Gasteiger partial charge in [-0.15, -0.1) is 0 Å². The first-order valence-electron chi connectivity index (χ1n) is 8.51. The molecule has 0 N–H and O–H groups in total. The third-order valence-electron chi connectivity index (χ3n) is 4.17. The maximum absolute atomic E-state index is 14.3. The number of aryl methyl sites for hydroxylation is 1. The molecular formula is C20H21FN2O3S.